The highest BCUT2D eigenvalue weighted by molar-refractivity contribution is 6.33. The van der Waals surface area contributed by atoms with Gasteiger partial charge in [0.25, 0.3) is 5.91 Å². The molecule has 0 unspecified atom stereocenters. The summed E-state index contributed by atoms with van der Waals surface area (Å²) >= 11 is 5.98. The molecule has 2 aromatic rings. The van der Waals surface area contributed by atoms with Crippen LogP contribution in [0.2, 0.25) is 5.02 Å². The molecule has 2 aromatic carbocycles. The zero-order valence-electron chi connectivity index (χ0n) is 15.6. The normalized spacial score (nSPS) is 10.9. The van der Waals surface area contributed by atoms with E-state index in [0.717, 1.165) is 5.56 Å². The Kier molecular flexibility index (Phi) is 7.95. The summed E-state index contributed by atoms with van der Waals surface area (Å²) in [6.45, 7) is 4.53. The van der Waals surface area contributed by atoms with E-state index in [9.17, 15) is 4.79 Å². The van der Waals surface area contributed by atoms with Crippen LogP contribution in [0, 0.1) is 5.92 Å². The summed E-state index contributed by atoms with van der Waals surface area (Å²) in [6.07, 6.45) is 1.50. The van der Waals surface area contributed by atoms with Crippen molar-refractivity contribution in [2.45, 2.75) is 13.8 Å². The first kappa shape index (κ1) is 20.6. The molecule has 2 rings (SSSR count). The van der Waals surface area contributed by atoms with Crippen LogP contribution in [0.4, 0.5) is 5.69 Å². The van der Waals surface area contributed by atoms with Crippen LogP contribution in [0.5, 0.6) is 11.5 Å². The van der Waals surface area contributed by atoms with Crippen molar-refractivity contribution in [1.29, 1.82) is 0 Å². The molecular weight excluding hydrogens is 368 g/mol. The Bertz CT molecular complexity index is 793. The van der Waals surface area contributed by atoms with Crippen molar-refractivity contribution in [1.82, 2.24) is 0 Å². The molecule has 0 aliphatic carbocycles. The number of rotatable bonds is 9. The first-order valence-corrected chi connectivity index (χ1v) is 8.88. The van der Waals surface area contributed by atoms with Gasteiger partial charge in [0.1, 0.15) is 0 Å². The van der Waals surface area contributed by atoms with Gasteiger partial charge in [0.2, 0.25) is 0 Å². The predicted molar refractivity (Wildman–Crippen MR) is 107 cm³/mol. The fraction of sp³-hybridized carbons (Fsp3) is 0.300. The standard InChI is InChI=1S/C20H23ClN2O4/c1-14(2)12-26-18-9-8-15(10-19(18)25-3)11-22-27-13-20(24)23-17-7-5-4-6-16(17)21/h4-11,14H,12-13H2,1-3H3,(H,23,24)/b22-11-. The molecule has 6 nitrogen and oxygen atoms in total. The molecule has 0 aliphatic heterocycles. The summed E-state index contributed by atoms with van der Waals surface area (Å²) in [4.78, 5) is 16.9. The minimum Gasteiger partial charge on any atom is -0.493 e. The van der Waals surface area contributed by atoms with E-state index in [1.807, 2.05) is 12.1 Å². The Balaban J connectivity index is 1.86. The van der Waals surface area contributed by atoms with Gasteiger partial charge in [-0.1, -0.05) is 42.7 Å². The number of para-hydroxylation sites is 1. The van der Waals surface area contributed by atoms with Gasteiger partial charge in [0, 0.05) is 5.56 Å². The molecule has 144 valence electrons. The van der Waals surface area contributed by atoms with E-state index in [0.29, 0.717) is 34.7 Å². The molecule has 0 saturated carbocycles. The topological polar surface area (TPSA) is 69.2 Å². The zero-order valence-corrected chi connectivity index (χ0v) is 16.3. The van der Waals surface area contributed by atoms with Crippen molar-refractivity contribution in [2.24, 2.45) is 11.1 Å². The first-order chi connectivity index (χ1) is 13.0. The smallest absolute Gasteiger partial charge is 0.265 e. The van der Waals surface area contributed by atoms with E-state index in [2.05, 4.69) is 24.3 Å². The van der Waals surface area contributed by atoms with E-state index in [1.54, 1.807) is 37.4 Å². The molecule has 7 heteroatoms. The van der Waals surface area contributed by atoms with Crippen LogP contribution >= 0.6 is 11.6 Å². The number of benzene rings is 2. The van der Waals surface area contributed by atoms with Crippen LogP contribution in [0.3, 0.4) is 0 Å². The maximum Gasteiger partial charge on any atom is 0.265 e. The van der Waals surface area contributed by atoms with Crippen molar-refractivity contribution in [3.8, 4) is 11.5 Å². The van der Waals surface area contributed by atoms with Gasteiger partial charge >= 0.3 is 0 Å². The molecule has 0 aliphatic rings. The number of oxime groups is 1. The number of halogens is 1. The summed E-state index contributed by atoms with van der Waals surface area (Å²) < 4.78 is 11.0. The number of hydrogen-bond acceptors (Lipinski definition) is 5. The molecule has 0 radical (unpaired) electrons. The van der Waals surface area contributed by atoms with Gasteiger partial charge in [-0.2, -0.15) is 0 Å². The van der Waals surface area contributed by atoms with Gasteiger partial charge in [0.15, 0.2) is 18.1 Å². The van der Waals surface area contributed by atoms with Crippen molar-refractivity contribution in [2.75, 3.05) is 25.6 Å². The summed E-state index contributed by atoms with van der Waals surface area (Å²) in [5.41, 5.74) is 1.29. The highest BCUT2D eigenvalue weighted by Crippen LogP contribution is 2.28. The molecule has 0 bridgehead atoms. The maximum atomic E-state index is 11.8. The Hall–Kier alpha value is -2.73. The van der Waals surface area contributed by atoms with Crippen LogP contribution in [0.1, 0.15) is 19.4 Å². The zero-order chi connectivity index (χ0) is 19.6. The van der Waals surface area contributed by atoms with E-state index in [4.69, 9.17) is 25.9 Å². The number of ether oxygens (including phenoxy) is 2. The van der Waals surface area contributed by atoms with Crippen molar-refractivity contribution < 1.29 is 19.1 Å². The number of methoxy groups -OCH3 is 1. The highest BCUT2D eigenvalue weighted by atomic mass is 35.5. The highest BCUT2D eigenvalue weighted by Gasteiger charge is 2.07. The lowest BCUT2D eigenvalue weighted by Crippen LogP contribution is -2.17. The molecule has 1 N–H and O–H groups in total. The molecule has 0 spiro atoms. The summed E-state index contributed by atoms with van der Waals surface area (Å²) in [7, 11) is 1.58. The van der Waals surface area contributed by atoms with Crippen LogP contribution in [0.25, 0.3) is 0 Å². The third-order valence-electron chi connectivity index (χ3n) is 3.38. The predicted octanol–water partition coefficient (Wildman–Crippen LogP) is 4.37. The third kappa shape index (κ3) is 6.83. The molecule has 0 fully saturated rings. The monoisotopic (exact) mass is 390 g/mol. The lowest BCUT2D eigenvalue weighted by atomic mass is 10.2. The third-order valence-corrected chi connectivity index (χ3v) is 3.71. The average molecular weight is 391 g/mol. The number of amides is 1. The quantitative estimate of drug-likeness (QED) is 0.509. The largest absolute Gasteiger partial charge is 0.493 e. The fourth-order valence-corrected chi connectivity index (χ4v) is 2.27. The summed E-state index contributed by atoms with van der Waals surface area (Å²) in [5.74, 6) is 1.34. The molecule has 0 heterocycles. The Labute approximate surface area is 164 Å². The number of anilines is 1. The van der Waals surface area contributed by atoms with Gasteiger partial charge in [0.05, 0.1) is 30.6 Å². The Morgan fingerprint density at radius 3 is 2.70 bits per heavy atom. The Morgan fingerprint density at radius 2 is 2.00 bits per heavy atom. The van der Waals surface area contributed by atoms with Gasteiger partial charge in [-0.15, -0.1) is 0 Å². The second-order valence-corrected chi connectivity index (χ2v) is 6.56. The van der Waals surface area contributed by atoms with Gasteiger partial charge in [-0.05, 0) is 36.2 Å². The van der Waals surface area contributed by atoms with Crippen molar-refractivity contribution >= 4 is 29.4 Å². The van der Waals surface area contributed by atoms with Crippen LogP contribution in [0.15, 0.2) is 47.6 Å². The van der Waals surface area contributed by atoms with Crippen LogP contribution in [-0.2, 0) is 9.63 Å². The van der Waals surface area contributed by atoms with Crippen LogP contribution < -0.4 is 14.8 Å². The van der Waals surface area contributed by atoms with Gasteiger partial charge in [-0.25, -0.2) is 0 Å². The minimum atomic E-state index is -0.352. The van der Waals surface area contributed by atoms with E-state index >= 15 is 0 Å². The summed E-state index contributed by atoms with van der Waals surface area (Å²) in [5, 5.41) is 6.92. The number of carbonyl (C=O) groups is 1. The SMILES string of the molecule is COc1cc(/C=N\OCC(=O)Nc2ccccc2Cl)ccc1OCC(C)C. The fourth-order valence-electron chi connectivity index (χ4n) is 2.08. The molecule has 0 saturated heterocycles. The van der Waals surface area contributed by atoms with E-state index in [1.165, 1.54) is 6.21 Å². The van der Waals surface area contributed by atoms with E-state index in [-0.39, 0.29) is 12.5 Å². The maximum absolute atomic E-state index is 11.8. The number of nitrogens with one attached hydrogen (secondary N) is 1. The van der Waals surface area contributed by atoms with Crippen molar-refractivity contribution in [3.05, 3.63) is 53.1 Å². The molecule has 1 amide bonds. The molecule has 0 aromatic heterocycles. The van der Waals surface area contributed by atoms with Gasteiger partial charge in [-0.3, -0.25) is 4.79 Å². The number of nitrogens with zero attached hydrogens (tertiary/aromatic N) is 1. The van der Waals surface area contributed by atoms with Gasteiger partial charge < -0.3 is 19.6 Å². The average Bonchev–Trinajstić information content (AvgIpc) is 2.65. The minimum absolute atomic E-state index is 0.228. The Morgan fingerprint density at radius 1 is 1.22 bits per heavy atom. The number of hydrogen-bond donors (Lipinski definition) is 1. The molecular formula is C20H23ClN2O4. The lowest BCUT2D eigenvalue weighted by Gasteiger charge is -2.12. The number of carbonyl (C=O) groups excluding carboxylic acids is 1. The molecule has 27 heavy (non-hydrogen) atoms. The summed E-state index contributed by atoms with van der Waals surface area (Å²) in [6, 6.07) is 12.4. The van der Waals surface area contributed by atoms with E-state index < -0.39 is 0 Å². The second kappa shape index (κ2) is 10.4. The molecule has 0 atom stereocenters. The lowest BCUT2D eigenvalue weighted by molar-refractivity contribution is -0.120. The van der Waals surface area contributed by atoms with Crippen LogP contribution in [-0.4, -0.2) is 32.4 Å². The van der Waals surface area contributed by atoms with Crippen molar-refractivity contribution in [3.63, 3.8) is 0 Å². The first-order valence-electron chi connectivity index (χ1n) is 8.50. The second-order valence-electron chi connectivity index (χ2n) is 6.15.